The van der Waals surface area contributed by atoms with Gasteiger partial charge >= 0.3 is 0 Å². The van der Waals surface area contributed by atoms with E-state index >= 15 is 0 Å². The van der Waals surface area contributed by atoms with Gasteiger partial charge in [0.15, 0.2) is 0 Å². The number of nitrogens with one attached hydrogen (secondary N) is 2. The molecule has 0 fully saturated rings. The lowest BCUT2D eigenvalue weighted by Gasteiger charge is -2.10. The fourth-order valence-corrected chi connectivity index (χ4v) is 2.97. The summed E-state index contributed by atoms with van der Waals surface area (Å²) in [5.74, 6) is -0.516. The number of aryl methyl sites for hydroxylation is 1. The zero-order valence-corrected chi connectivity index (χ0v) is 15.6. The molecule has 0 heterocycles. The number of halogens is 2. The zero-order chi connectivity index (χ0) is 16.1. The molecule has 0 aromatic heterocycles. The van der Waals surface area contributed by atoms with Crippen LogP contribution in [-0.2, 0) is 4.79 Å². The minimum absolute atomic E-state index is 0.0701. The lowest BCUT2D eigenvalue weighted by atomic mass is 10.2. The van der Waals surface area contributed by atoms with Crippen LogP contribution in [0.3, 0.4) is 0 Å². The molecule has 0 saturated carbocycles. The van der Waals surface area contributed by atoms with Gasteiger partial charge in [-0.25, -0.2) is 0 Å². The first-order valence-electron chi connectivity index (χ1n) is 6.56. The van der Waals surface area contributed by atoms with Crippen molar-refractivity contribution in [3.8, 4) is 0 Å². The van der Waals surface area contributed by atoms with Crippen LogP contribution < -0.4 is 10.6 Å². The normalized spacial score (nSPS) is 10.1. The smallest absolute Gasteiger partial charge is 0.252 e. The maximum atomic E-state index is 12.0. The third-order valence-electron chi connectivity index (χ3n) is 2.99. The Labute approximate surface area is 151 Å². The molecule has 2 N–H and O–H groups in total. The summed E-state index contributed by atoms with van der Waals surface area (Å²) in [6.07, 6.45) is 0. The highest BCUT2D eigenvalue weighted by Gasteiger charge is 2.11. The minimum atomic E-state index is -0.260. The van der Waals surface area contributed by atoms with E-state index in [1.165, 1.54) is 0 Å². The molecule has 22 heavy (non-hydrogen) atoms. The van der Waals surface area contributed by atoms with Gasteiger partial charge in [0.1, 0.15) is 0 Å². The average Bonchev–Trinajstić information content (AvgIpc) is 2.48. The van der Waals surface area contributed by atoms with Crippen molar-refractivity contribution in [2.45, 2.75) is 6.92 Å². The quantitative estimate of drug-likeness (QED) is 0.666. The summed E-state index contributed by atoms with van der Waals surface area (Å²) >= 11 is 5.47. The summed E-state index contributed by atoms with van der Waals surface area (Å²) in [5.41, 5.74) is 2.25. The highest BCUT2D eigenvalue weighted by Crippen LogP contribution is 2.19. The molecule has 0 unspecified atom stereocenters. The summed E-state index contributed by atoms with van der Waals surface area (Å²) in [6, 6.07) is 12.8. The second-order valence-corrected chi connectivity index (χ2v) is 6.75. The van der Waals surface area contributed by atoms with E-state index in [1.807, 2.05) is 37.3 Å². The highest BCUT2D eigenvalue weighted by atomic mass is 127. The number of rotatable bonds is 4. The van der Waals surface area contributed by atoms with Crippen LogP contribution in [0.4, 0.5) is 5.69 Å². The van der Waals surface area contributed by atoms with E-state index in [-0.39, 0.29) is 18.4 Å². The molecule has 2 amide bonds. The third kappa shape index (κ3) is 4.54. The SMILES string of the molecule is Cc1cc(Br)ccc1NC(=O)CNC(=O)c1ccccc1I. The summed E-state index contributed by atoms with van der Waals surface area (Å²) in [4.78, 5) is 24.0. The van der Waals surface area contributed by atoms with Gasteiger partial charge in [-0.1, -0.05) is 28.1 Å². The molecule has 4 nitrogen and oxygen atoms in total. The van der Waals surface area contributed by atoms with Crippen LogP contribution in [-0.4, -0.2) is 18.4 Å². The van der Waals surface area contributed by atoms with Gasteiger partial charge in [-0.15, -0.1) is 0 Å². The zero-order valence-electron chi connectivity index (χ0n) is 11.8. The molecule has 2 aromatic carbocycles. The molecule has 0 radical (unpaired) electrons. The summed E-state index contributed by atoms with van der Waals surface area (Å²) in [7, 11) is 0. The number of hydrogen-bond acceptors (Lipinski definition) is 2. The number of carbonyl (C=O) groups is 2. The molecule has 114 valence electrons. The molecule has 0 spiro atoms. The van der Waals surface area contributed by atoms with Crippen LogP contribution in [0.5, 0.6) is 0 Å². The van der Waals surface area contributed by atoms with E-state index in [1.54, 1.807) is 12.1 Å². The largest absolute Gasteiger partial charge is 0.343 e. The van der Waals surface area contributed by atoms with Gasteiger partial charge in [0.2, 0.25) is 5.91 Å². The fraction of sp³-hybridized carbons (Fsp3) is 0.125. The maximum absolute atomic E-state index is 12.0. The van der Waals surface area contributed by atoms with Crippen molar-refractivity contribution in [1.29, 1.82) is 0 Å². The van der Waals surface area contributed by atoms with Crippen LogP contribution in [0, 0.1) is 10.5 Å². The van der Waals surface area contributed by atoms with Gasteiger partial charge in [0.05, 0.1) is 12.1 Å². The second-order valence-electron chi connectivity index (χ2n) is 4.67. The maximum Gasteiger partial charge on any atom is 0.252 e. The molecular formula is C16H14BrIN2O2. The van der Waals surface area contributed by atoms with Gasteiger partial charge in [0.25, 0.3) is 5.91 Å². The van der Waals surface area contributed by atoms with Crippen molar-refractivity contribution in [3.05, 3.63) is 61.6 Å². The van der Waals surface area contributed by atoms with Crippen molar-refractivity contribution in [1.82, 2.24) is 5.32 Å². The molecule has 0 saturated heterocycles. The molecule has 6 heteroatoms. The van der Waals surface area contributed by atoms with Crippen molar-refractivity contribution in [2.24, 2.45) is 0 Å². The van der Waals surface area contributed by atoms with Crippen molar-refractivity contribution < 1.29 is 9.59 Å². The van der Waals surface area contributed by atoms with Crippen LogP contribution >= 0.6 is 38.5 Å². The van der Waals surface area contributed by atoms with Crippen molar-refractivity contribution in [2.75, 3.05) is 11.9 Å². The lowest BCUT2D eigenvalue weighted by molar-refractivity contribution is -0.115. The Kier molecular flexibility index (Phi) is 5.96. The van der Waals surface area contributed by atoms with Crippen LogP contribution in [0.25, 0.3) is 0 Å². The van der Waals surface area contributed by atoms with Gasteiger partial charge in [0, 0.05) is 13.7 Å². The van der Waals surface area contributed by atoms with Gasteiger partial charge < -0.3 is 10.6 Å². The number of carbonyl (C=O) groups excluding carboxylic acids is 2. The molecular weight excluding hydrogens is 459 g/mol. The molecule has 0 aliphatic carbocycles. The van der Waals surface area contributed by atoms with E-state index in [0.717, 1.165) is 19.3 Å². The van der Waals surface area contributed by atoms with E-state index in [0.29, 0.717) is 5.56 Å². The number of hydrogen-bond donors (Lipinski definition) is 2. The molecule has 0 aliphatic rings. The van der Waals surface area contributed by atoms with E-state index < -0.39 is 0 Å². The summed E-state index contributed by atoms with van der Waals surface area (Å²) in [5, 5.41) is 5.41. The lowest BCUT2D eigenvalue weighted by Crippen LogP contribution is -2.33. The Morgan fingerprint density at radius 2 is 1.91 bits per heavy atom. The molecule has 2 rings (SSSR count). The summed E-state index contributed by atoms with van der Waals surface area (Å²) < 4.78 is 1.80. The van der Waals surface area contributed by atoms with E-state index in [2.05, 4.69) is 49.2 Å². The molecule has 2 aromatic rings. The molecule has 0 aliphatic heterocycles. The van der Waals surface area contributed by atoms with E-state index in [9.17, 15) is 9.59 Å². The summed E-state index contributed by atoms with van der Waals surface area (Å²) in [6.45, 7) is 1.84. The Morgan fingerprint density at radius 3 is 2.59 bits per heavy atom. The van der Waals surface area contributed by atoms with E-state index in [4.69, 9.17) is 0 Å². The first kappa shape index (κ1) is 17.0. The van der Waals surface area contributed by atoms with Crippen LogP contribution in [0.2, 0.25) is 0 Å². The number of benzene rings is 2. The first-order chi connectivity index (χ1) is 10.5. The standard InChI is InChI=1S/C16H14BrIN2O2/c1-10-8-11(17)6-7-14(10)20-15(21)9-19-16(22)12-4-2-3-5-13(12)18/h2-8H,9H2,1H3,(H,19,22)(H,20,21). The van der Waals surface area contributed by atoms with Crippen LogP contribution in [0.15, 0.2) is 46.9 Å². The monoisotopic (exact) mass is 472 g/mol. The van der Waals surface area contributed by atoms with Gasteiger partial charge in [-0.2, -0.15) is 0 Å². The Bertz CT molecular complexity index is 719. The predicted molar refractivity (Wildman–Crippen MR) is 99.0 cm³/mol. The van der Waals surface area contributed by atoms with Gasteiger partial charge in [-0.05, 0) is 65.4 Å². The topological polar surface area (TPSA) is 58.2 Å². The number of anilines is 1. The number of amides is 2. The highest BCUT2D eigenvalue weighted by molar-refractivity contribution is 14.1. The van der Waals surface area contributed by atoms with Crippen LogP contribution in [0.1, 0.15) is 15.9 Å². The van der Waals surface area contributed by atoms with Crippen molar-refractivity contribution >= 4 is 56.0 Å². The Hall–Kier alpha value is -1.41. The van der Waals surface area contributed by atoms with Gasteiger partial charge in [-0.3, -0.25) is 9.59 Å². The second kappa shape index (κ2) is 7.73. The fourth-order valence-electron chi connectivity index (χ4n) is 1.86. The molecule has 0 atom stereocenters. The molecule has 0 bridgehead atoms. The Balaban J connectivity index is 1.93. The Morgan fingerprint density at radius 1 is 1.18 bits per heavy atom. The minimum Gasteiger partial charge on any atom is -0.343 e. The third-order valence-corrected chi connectivity index (χ3v) is 4.42. The first-order valence-corrected chi connectivity index (χ1v) is 8.43. The predicted octanol–water partition coefficient (Wildman–Crippen LogP) is 3.73. The average molecular weight is 473 g/mol. The van der Waals surface area contributed by atoms with Crippen molar-refractivity contribution in [3.63, 3.8) is 0 Å².